The number of hydrogen-bond acceptors (Lipinski definition) is 4. The van der Waals surface area contributed by atoms with Crippen LogP contribution in [0.25, 0.3) is 6.08 Å². The van der Waals surface area contributed by atoms with Crippen LogP contribution in [0.2, 0.25) is 0 Å². The standard InChI is InChI=1S/C16H17N3O4S/c20-15-14-10-18(7-8-19(14)16(21)17-15)24(22,23)13-6-5-11-3-1-2-4-12(11)9-13/h1-4,9,14H,5-8,10H2,(H,17,20,21). The van der Waals surface area contributed by atoms with Crippen LogP contribution in [0.3, 0.4) is 0 Å². The summed E-state index contributed by atoms with van der Waals surface area (Å²) in [4.78, 5) is 25.2. The van der Waals surface area contributed by atoms with E-state index in [4.69, 9.17) is 0 Å². The molecule has 4 rings (SSSR count). The topological polar surface area (TPSA) is 86.8 Å². The zero-order valence-electron chi connectivity index (χ0n) is 12.9. The lowest BCUT2D eigenvalue weighted by atomic mass is 9.98. The normalized spacial score (nSPS) is 24.2. The molecule has 0 aromatic heterocycles. The first-order valence-electron chi connectivity index (χ1n) is 7.87. The molecule has 7 nitrogen and oxygen atoms in total. The van der Waals surface area contributed by atoms with Crippen LogP contribution < -0.4 is 5.32 Å². The minimum absolute atomic E-state index is 0.0128. The summed E-state index contributed by atoms with van der Waals surface area (Å²) < 4.78 is 27.2. The van der Waals surface area contributed by atoms with Gasteiger partial charge in [-0.05, 0) is 30.0 Å². The van der Waals surface area contributed by atoms with Crippen molar-refractivity contribution in [1.29, 1.82) is 0 Å². The molecule has 2 saturated heterocycles. The van der Waals surface area contributed by atoms with Crippen LogP contribution in [0.15, 0.2) is 29.2 Å². The molecule has 3 amide bonds. The lowest BCUT2D eigenvalue weighted by Gasteiger charge is -2.35. The van der Waals surface area contributed by atoms with Crippen molar-refractivity contribution in [3.05, 3.63) is 40.3 Å². The van der Waals surface area contributed by atoms with Crippen molar-refractivity contribution in [3.63, 3.8) is 0 Å². The Hall–Kier alpha value is -2.19. The molecule has 0 spiro atoms. The molecule has 0 bridgehead atoms. The summed E-state index contributed by atoms with van der Waals surface area (Å²) in [6.07, 6.45) is 2.86. The van der Waals surface area contributed by atoms with E-state index in [1.807, 2.05) is 24.3 Å². The first kappa shape index (κ1) is 15.3. The molecule has 1 aromatic carbocycles. The Balaban J connectivity index is 1.61. The number of hydrogen-bond donors (Lipinski definition) is 1. The van der Waals surface area contributed by atoms with Crippen LogP contribution in [0.5, 0.6) is 0 Å². The van der Waals surface area contributed by atoms with Crippen molar-refractivity contribution < 1.29 is 18.0 Å². The molecule has 1 aliphatic carbocycles. The van der Waals surface area contributed by atoms with Gasteiger partial charge in [-0.3, -0.25) is 10.1 Å². The average molecular weight is 347 g/mol. The Morgan fingerprint density at radius 1 is 1.08 bits per heavy atom. The molecule has 2 fully saturated rings. The monoisotopic (exact) mass is 347 g/mol. The molecular formula is C16H17N3O4S. The Labute approximate surface area is 140 Å². The molecule has 0 saturated carbocycles. The molecule has 8 heteroatoms. The zero-order chi connectivity index (χ0) is 16.9. The molecule has 1 unspecified atom stereocenters. The summed E-state index contributed by atoms with van der Waals surface area (Å²) in [5.74, 6) is -0.428. The lowest BCUT2D eigenvalue weighted by Crippen LogP contribution is -2.54. The third-order valence-corrected chi connectivity index (χ3v) is 6.82. The van der Waals surface area contributed by atoms with Crippen molar-refractivity contribution in [2.75, 3.05) is 19.6 Å². The Morgan fingerprint density at radius 3 is 2.71 bits per heavy atom. The second kappa shape index (κ2) is 5.42. The van der Waals surface area contributed by atoms with E-state index < -0.39 is 28.0 Å². The van der Waals surface area contributed by atoms with Crippen LogP contribution in [-0.4, -0.2) is 55.2 Å². The van der Waals surface area contributed by atoms with E-state index in [0.717, 1.165) is 11.1 Å². The summed E-state index contributed by atoms with van der Waals surface area (Å²) in [7, 11) is -3.63. The largest absolute Gasteiger partial charge is 0.324 e. The lowest BCUT2D eigenvalue weighted by molar-refractivity contribution is -0.122. The molecule has 126 valence electrons. The van der Waals surface area contributed by atoms with Gasteiger partial charge in [-0.15, -0.1) is 0 Å². The fraction of sp³-hybridized carbons (Fsp3) is 0.375. The van der Waals surface area contributed by atoms with E-state index >= 15 is 0 Å². The van der Waals surface area contributed by atoms with Gasteiger partial charge in [0.05, 0.1) is 4.91 Å². The summed E-state index contributed by atoms with van der Waals surface area (Å²) >= 11 is 0. The number of imide groups is 1. The van der Waals surface area contributed by atoms with Crippen LogP contribution in [0.4, 0.5) is 4.79 Å². The highest BCUT2D eigenvalue weighted by Gasteiger charge is 2.45. The van der Waals surface area contributed by atoms with E-state index in [1.54, 1.807) is 6.08 Å². The van der Waals surface area contributed by atoms with Crippen LogP contribution in [-0.2, 0) is 21.2 Å². The molecule has 3 aliphatic rings. The number of allylic oxidation sites excluding steroid dienone is 1. The van der Waals surface area contributed by atoms with E-state index in [2.05, 4.69) is 5.32 Å². The van der Waals surface area contributed by atoms with E-state index in [9.17, 15) is 18.0 Å². The number of fused-ring (bicyclic) bond motifs is 2. The van der Waals surface area contributed by atoms with E-state index in [1.165, 1.54) is 9.21 Å². The number of urea groups is 1. The highest BCUT2D eigenvalue weighted by Crippen LogP contribution is 2.30. The third kappa shape index (κ3) is 2.33. The third-order valence-electron chi connectivity index (χ3n) is 4.82. The predicted molar refractivity (Wildman–Crippen MR) is 87.3 cm³/mol. The second-order valence-electron chi connectivity index (χ2n) is 6.18. The predicted octanol–water partition coefficient (Wildman–Crippen LogP) is 0.539. The van der Waals surface area contributed by atoms with Gasteiger partial charge >= 0.3 is 6.03 Å². The Bertz CT molecular complexity index is 862. The summed E-state index contributed by atoms with van der Waals surface area (Å²) in [5, 5.41) is 2.24. The number of piperazine rings is 1. The molecule has 0 radical (unpaired) electrons. The first-order valence-corrected chi connectivity index (χ1v) is 9.31. The fourth-order valence-electron chi connectivity index (χ4n) is 3.48. The van der Waals surface area contributed by atoms with E-state index in [-0.39, 0.29) is 19.6 Å². The molecule has 2 aliphatic heterocycles. The van der Waals surface area contributed by atoms with Crippen LogP contribution in [0, 0.1) is 0 Å². The minimum atomic E-state index is -3.63. The van der Waals surface area contributed by atoms with Crippen molar-refractivity contribution in [2.45, 2.75) is 18.9 Å². The number of nitrogens with one attached hydrogen (secondary N) is 1. The van der Waals surface area contributed by atoms with Gasteiger partial charge in [0.25, 0.3) is 5.91 Å². The molecule has 24 heavy (non-hydrogen) atoms. The second-order valence-corrected chi connectivity index (χ2v) is 8.17. The average Bonchev–Trinajstić information content (AvgIpc) is 2.88. The van der Waals surface area contributed by atoms with Crippen molar-refractivity contribution in [3.8, 4) is 0 Å². The maximum Gasteiger partial charge on any atom is 0.324 e. The van der Waals surface area contributed by atoms with Gasteiger partial charge in [0.2, 0.25) is 10.0 Å². The molecule has 2 heterocycles. The van der Waals surface area contributed by atoms with Gasteiger partial charge in [0.15, 0.2) is 0 Å². The molecule has 1 atom stereocenters. The fourth-order valence-corrected chi connectivity index (χ4v) is 5.11. The highest BCUT2D eigenvalue weighted by molar-refractivity contribution is 7.93. The SMILES string of the molecule is O=C1NC(=O)N2CCN(S(=O)(=O)C3=Cc4ccccc4CC3)CC12. The molecule has 1 aromatic rings. The maximum absolute atomic E-state index is 12.9. The summed E-state index contributed by atoms with van der Waals surface area (Å²) in [6.45, 7) is 0.447. The van der Waals surface area contributed by atoms with Crippen molar-refractivity contribution >= 4 is 28.0 Å². The number of aryl methyl sites for hydroxylation is 1. The number of carbonyl (C=O) groups is 2. The maximum atomic E-state index is 12.9. The number of carbonyl (C=O) groups excluding carboxylic acids is 2. The van der Waals surface area contributed by atoms with Gasteiger partial charge in [0.1, 0.15) is 6.04 Å². The summed E-state index contributed by atoms with van der Waals surface area (Å²) in [5.41, 5.74) is 2.07. The van der Waals surface area contributed by atoms with Crippen molar-refractivity contribution in [1.82, 2.24) is 14.5 Å². The number of amides is 3. The van der Waals surface area contributed by atoms with Gasteiger partial charge in [-0.25, -0.2) is 13.2 Å². The Kier molecular flexibility index (Phi) is 3.47. The first-order chi connectivity index (χ1) is 11.5. The van der Waals surface area contributed by atoms with Gasteiger partial charge < -0.3 is 4.90 Å². The Morgan fingerprint density at radius 2 is 1.88 bits per heavy atom. The van der Waals surface area contributed by atoms with E-state index in [0.29, 0.717) is 17.7 Å². The quantitative estimate of drug-likeness (QED) is 0.791. The zero-order valence-corrected chi connectivity index (χ0v) is 13.8. The molecule has 1 N–H and O–H groups in total. The number of rotatable bonds is 2. The van der Waals surface area contributed by atoms with Crippen LogP contribution in [0.1, 0.15) is 17.5 Å². The number of nitrogens with zero attached hydrogens (tertiary/aromatic N) is 2. The summed E-state index contributed by atoms with van der Waals surface area (Å²) in [6, 6.07) is 6.58. The minimum Gasteiger partial charge on any atom is -0.310 e. The highest BCUT2D eigenvalue weighted by atomic mass is 32.2. The molecular weight excluding hydrogens is 330 g/mol. The van der Waals surface area contributed by atoms with Gasteiger partial charge in [-0.2, -0.15) is 4.31 Å². The number of benzene rings is 1. The number of sulfonamides is 1. The van der Waals surface area contributed by atoms with Crippen molar-refractivity contribution in [2.24, 2.45) is 0 Å². The van der Waals surface area contributed by atoms with Gasteiger partial charge in [-0.1, -0.05) is 24.3 Å². The van der Waals surface area contributed by atoms with Crippen LogP contribution >= 0.6 is 0 Å². The van der Waals surface area contributed by atoms with Gasteiger partial charge in [0, 0.05) is 19.6 Å². The smallest absolute Gasteiger partial charge is 0.310 e.